The normalized spacial score (nSPS) is 13.0. The Hall–Kier alpha value is -3.35. The van der Waals surface area contributed by atoms with Crippen LogP contribution in [-0.2, 0) is 20.9 Å². The standard InChI is InChI=1S/C23H27NO6/c1-23(2,3)18(21(27)30-17-12-8-5-9-13-17)14-19(20(25)26)24-22(28)29-15-16-10-6-4-7-11-16/h4-13,18-19H,14-15H2,1-3H3,(H,24,28)(H,25,26)/t18?,19-/m0/s1. The molecule has 0 spiro atoms. The van der Waals surface area contributed by atoms with Crippen molar-refractivity contribution in [2.45, 2.75) is 39.8 Å². The number of carbonyl (C=O) groups is 3. The quantitative estimate of drug-likeness (QED) is 0.501. The molecule has 2 aromatic rings. The van der Waals surface area contributed by atoms with Gasteiger partial charge in [-0.2, -0.15) is 0 Å². The predicted octanol–water partition coefficient (Wildman–Crippen LogP) is 4.02. The minimum atomic E-state index is -1.30. The molecular formula is C23H27NO6. The third-order valence-electron chi connectivity index (χ3n) is 4.57. The van der Waals surface area contributed by atoms with E-state index in [4.69, 9.17) is 9.47 Å². The van der Waals surface area contributed by atoms with E-state index >= 15 is 0 Å². The van der Waals surface area contributed by atoms with Gasteiger partial charge in [-0.3, -0.25) is 4.79 Å². The average Bonchev–Trinajstić information content (AvgIpc) is 2.69. The third kappa shape index (κ3) is 7.24. The molecule has 2 N–H and O–H groups in total. The van der Waals surface area contributed by atoms with Crippen LogP contribution in [0, 0.1) is 11.3 Å². The van der Waals surface area contributed by atoms with Gasteiger partial charge in [0, 0.05) is 0 Å². The van der Waals surface area contributed by atoms with Gasteiger partial charge in [0.15, 0.2) is 0 Å². The Bertz CT molecular complexity index is 845. The number of carbonyl (C=O) groups excluding carboxylic acids is 2. The molecule has 2 atom stereocenters. The fraction of sp³-hybridized carbons (Fsp3) is 0.348. The molecule has 2 aromatic carbocycles. The fourth-order valence-electron chi connectivity index (χ4n) is 2.84. The first-order valence-corrected chi connectivity index (χ1v) is 9.63. The summed E-state index contributed by atoms with van der Waals surface area (Å²) in [6.07, 6.45) is -0.999. The van der Waals surface area contributed by atoms with Crippen LogP contribution in [0.1, 0.15) is 32.8 Å². The van der Waals surface area contributed by atoms with Gasteiger partial charge in [0.1, 0.15) is 18.4 Å². The molecule has 0 saturated heterocycles. The molecule has 0 aliphatic carbocycles. The van der Waals surface area contributed by atoms with E-state index in [2.05, 4.69) is 5.32 Å². The van der Waals surface area contributed by atoms with Crippen LogP contribution in [-0.4, -0.2) is 29.2 Å². The van der Waals surface area contributed by atoms with Crippen LogP contribution >= 0.6 is 0 Å². The van der Waals surface area contributed by atoms with Crippen molar-refractivity contribution in [3.8, 4) is 5.75 Å². The zero-order chi connectivity index (χ0) is 22.1. The number of esters is 1. The second-order valence-electron chi connectivity index (χ2n) is 7.99. The van der Waals surface area contributed by atoms with E-state index in [1.807, 2.05) is 39.0 Å². The molecule has 2 rings (SSSR count). The first-order chi connectivity index (χ1) is 14.2. The molecule has 0 aliphatic rings. The topological polar surface area (TPSA) is 102 Å². The number of aliphatic carboxylic acids is 1. The minimum Gasteiger partial charge on any atom is -0.480 e. The van der Waals surface area contributed by atoms with Crippen molar-refractivity contribution < 1.29 is 29.0 Å². The highest BCUT2D eigenvalue weighted by Crippen LogP contribution is 2.31. The van der Waals surface area contributed by atoms with Crippen LogP contribution in [0.25, 0.3) is 0 Å². The van der Waals surface area contributed by atoms with Gasteiger partial charge >= 0.3 is 18.0 Å². The molecule has 1 unspecified atom stereocenters. The van der Waals surface area contributed by atoms with Gasteiger partial charge in [-0.15, -0.1) is 0 Å². The van der Waals surface area contributed by atoms with Gasteiger partial charge in [0.2, 0.25) is 0 Å². The summed E-state index contributed by atoms with van der Waals surface area (Å²) in [5.41, 5.74) is 0.188. The van der Waals surface area contributed by atoms with Gasteiger partial charge in [-0.25, -0.2) is 9.59 Å². The predicted molar refractivity (Wildman–Crippen MR) is 111 cm³/mol. The molecule has 0 saturated carbocycles. The molecule has 0 radical (unpaired) electrons. The van der Waals surface area contributed by atoms with Crippen LogP contribution in [0.4, 0.5) is 4.79 Å². The first-order valence-electron chi connectivity index (χ1n) is 9.63. The van der Waals surface area contributed by atoms with Crippen LogP contribution in [0.3, 0.4) is 0 Å². The molecule has 0 fully saturated rings. The van der Waals surface area contributed by atoms with E-state index in [1.54, 1.807) is 42.5 Å². The number of carboxylic acids is 1. The van der Waals surface area contributed by atoms with E-state index in [1.165, 1.54) is 0 Å². The van der Waals surface area contributed by atoms with E-state index in [-0.39, 0.29) is 13.0 Å². The zero-order valence-electron chi connectivity index (χ0n) is 17.3. The third-order valence-corrected chi connectivity index (χ3v) is 4.57. The van der Waals surface area contributed by atoms with Crippen molar-refractivity contribution in [3.05, 3.63) is 66.2 Å². The van der Waals surface area contributed by atoms with Crippen LogP contribution < -0.4 is 10.1 Å². The maximum Gasteiger partial charge on any atom is 0.408 e. The Kier molecular flexibility index (Phi) is 7.98. The van der Waals surface area contributed by atoms with Crippen LogP contribution in [0.15, 0.2) is 60.7 Å². The highest BCUT2D eigenvalue weighted by molar-refractivity contribution is 5.82. The Labute approximate surface area is 176 Å². The zero-order valence-corrected chi connectivity index (χ0v) is 17.3. The van der Waals surface area contributed by atoms with Crippen molar-refractivity contribution in [2.24, 2.45) is 11.3 Å². The number of nitrogens with one attached hydrogen (secondary N) is 1. The smallest absolute Gasteiger partial charge is 0.408 e. The van der Waals surface area contributed by atoms with Crippen molar-refractivity contribution in [3.63, 3.8) is 0 Å². The number of hydrogen-bond acceptors (Lipinski definition) is 5. The van der Waals surface area contributed by atoms with E-state index in [0.29, 0.717) is 5.75 Å². The number of rotatable bonds is 8. The van der Waals surface area contributed by atoms with Crippen molar-refractivity contribution in [1.29, 1.82) is 0 Å². The monoisotopic (exact) mass is 413 g/mol. The van der Waals surface area contributed by atoms with Crippen LogP contribution in [0.5, 0.6) is 5.75 Å². The molecule has 0 aromatic heterocycles. The lowest BCUT2D eigenvalue weighted by molar-refractivity contribution is -0.145. The second kappa shape index (κ2) is 10.4. The van der Waals surface area contributed by atoms with Crippen molar-refractivity contribution in [2.75, 3.05) is 0 Å². The van der Waals surface area contributed by atoms with Gasteiger partial charge in [0.05, 0.1) is 5.92 Å². The summed E-state index contributed by atoms with van der Waals surface area (Å²) in [5, 5.41) is 11.9. The Morgan fingerprint density at radius 1 is 0.967 bits per heavy atom. The Morgan fingerprint density at radius 2 is 1.53 bits per heavy atom. The summed E-state index contributed by atoms with van der Waals surface area (Å²) < 4.78 is 10.5. The Balaban J connectivity index is 2.03. The van der Waals surface area contributed by atoms with Crippen molar-refractivity contribution >= 4 is 18.0 Å². The molecular weight excluding hydrogens is 386 g/mol. The summed E-state index contributed by atoms with van der Waals surface area (Å²) >= 11 is 0. The van der Waals surface area contributed by atoms with Gasteiger partial charge < -0.3 is 19.9 Å². The summed E-state index contributed by atoms with van der Waals surface area (Å²) in [5.74, 6) is -2.21. The molecule has 7 nitrogen and oxygen atoms in total. The van der Waals surface area contributed by atoms with Gasteiger partial charge in [-0.05, 0) is 29.5 Å². The first kappa shape index (κ1) is 22.9. The number of benzene rings is 2. The van der Waals surface area contributed by atoms with Crippen LogP contribution in [0.2, 0.25) is 0 Å². The lowest BCUT2D eigenvalue weighted by atomic mass is 9.77. The average molecular weight is 413 g/mol. The van der Waals surface area contributed by atoms with E-state index < -0.39 is 35.4 Å². The summed E-state index contributed by atoms with van der Waals surface area (Å²) in [6, 6.07) is 16.3. The lowest BCUT2D eigenvalue weighted by Gasteiger charge is -2.30. The number of alkyl carbamates (subject to hydrolysis) is 1. The maximum atomic E-state index is 12.8. The second-order valence-corrected chi connectivity index (χ2v) is 7.99. The summed E-state index contributed by atoms with van der Waals surface area (Å²) in [4.78, 5) is 36.6. The number of ether oxygens (including phenoxy) is 2. The summed E-state index contributed by atoms with van der Waals surface area (Å²) in [7, 11) is 0. The maximum absolute atomic E-state index is 12.8. The highest BCUT2D eigenvalue weighted by Gasteiger charge is 2.37. The number of para-hydroxylation sites is 1. The molecule has 30 heavy (non-hydrogen) atoms. The number of carboxylic acid groups (broad SMARTS) is 1. The van der Waals surface area contributed by atoms with Gasteiger partial charge in [0.25, 0.3) is 0 Å². The molecule has 0 aliphatic heterocycles. The lowest BCUT2D eigenvalue weighted by Crippen LogP contribution is -2.46. The minimum absolute atomic E-state index is 0.0117. The SMILES string of the molecule is CC(C)(C)C(C[C@H](NC(=O)OCc1ccccc1)C(=O)O)C(=O)Oc1ccccc1. The molecule has 160 valence electrons. The largest absolute Gasteiger partial charge is 0.480 e. The van der Waals surface area contributed by atoms with E-state index in [0.717, 1.165) is 5.56 Å². The highest BCUT2D eigenvalue weighted by atomic mass is 16.5. The molecule has 1 amide bonds. The van der Waals surface area contributed by atoms with E-state index in [9.17, 15) is 19.5 Å². The number of amides is 1. The Morgan fingerprint density at radius 3 is 2.07 bits per heavy atom. The molecule has 0 bridgehead atoms. The van der Waals surface area contributed by atoms with Crippen molar-refractivity contribution in [1.82, 2.24) is 5.32 Å². The fourth-order valence-corrected chi connectivity index (χ4v) is 2.84. The molecule has 7 heteroatoms. The number of hydrogen-bond donors (Lipinski definition) is 2. The molecule has 0 heterocycles. The summed E-state index contributed by atoms with van der Waals surface area (Å²) in [6.45, 7) is 5.46. The van der Waals surface area contributed by atoms with Gasteiger partial charge in [-0.1, -0.05) is 69.3 Å².